The first-order valence-corrected chi connectivity index (χ1v) is 7.06. The molecule has 0 atom stereocenters. The Bertz CT molecular complexity index is 355. The highest BCUT2D eigenvalue weighted by molar-refractivity contribution is 9.10. The molecule has 4 heteroatoms. The van der Waals surface area contributed by atoms with Crippen LogP contribution in [-0.4, -0.2) is 42.8 Å². The Labute approximate surface area is 110 Å². The number of hydrogen-bond donors (Lipinski definition) is 0. The van der Waals surface area contributed by atoms with Gasteiger partial charge in [-0.1, -0.05) is 34.1 Å². The Morgan fingerprint density at radius 2 is 2.06 bits per heavy atom. The number of rotatable bonds is 6. The maximum absolute atomic E-state index is 11.8. The second-order valence-corrected chi connectivity index (χ2v) is 5.72. The number of halogens is 1. The molecule has 0 fully saturated rings. The molecule has 0 unspecified atom stereocenters. The van der Waals surface area contributed by atoms with Crippen molar-refractivity contribution < 1.29 is 4.79 Å². The van der Waals surface area contributed by atoms with Gasteiger partial charge in [0.2, 0.25) is 0 Å². The monoisotopic (exact) mass is 301 g/mol. The van der Waals surface area contributed by atoms with Gasteiger partial charge in [0.05, 0.1) is 5.75 Å². The molecule has 1 aromatic rings. The van der Waals surface area contributed by atoms with Crippen LogP contribution in [0.1, 0.15) is 10.4 Å². The molecule has 0 heterocycles. The van der Waals surface area contributed by atoms with Crippen molar-refractivity contribution in [3.8, 4) is 0 Å². The predicted molar refractivity (Wildman–Crippen MR) is 74.4 cm³/mol. The van der Waals surface area contributed by atoms with Crippen LogP contribution in [0.25, 0.3) is 0 Å². The van der Waals surface area contributed by atoms with E-state index >= 15 is 0 Å². The van der Waals surface area contributed by atoms with Crippen LogP contribution >= 0.6 is 27.7 Å². The third-order valence-corrected chi connectivity index (χ3v) is 3.72. The normalized spacial score (nSPS) is 10.8. The van der Waals surface area contributed by atoms with Gasteiger partial charge < -0.3 is 4.90 Å². The summed E-state index contributed by atoms with van der Waals surface area (Å²) in [5.74, 6) is 1.73. The Morgan fingerprint density at radius 3 is 2.69 bits per heavy atom. The minimum absolute atomic E-state index is 0.191. The molecule has 0 aliphatic carbocycles. The number of benzene rings is 1. The van der Waals surface area contributed by atoms with E-state index in [1.165, 1.54) is 0 Å². The van der Waals surface area contributed by atoms with Crippen LogP contribution < -0.4 is 0 Å². The van der Waals surface area contributed by atoms with E-state index in [2.05, 4.69) is 20.8 Å². The first-order valence-electron chi connectivity index (χ1n) is 5.11. The molecule has 0 saturated carbocycles. The molecular weight excluding hydrogens is 286 g/mol. The lowest BCUT2D eigenvalue weighted by molar-refractivity contribution is 0.102. The van der Waals surface area contributed by atoms with Crippen LogP contribution in [0.15, 0.2) is 28.7 Å². The number of ketones is 1. The quantitative estimate of drug-likeness (QED) is 0.595. The number of thioether (sulfide) groups is 1. The molecule has 88 valence electrons. The zero-order valence-corrected chi connectivity index (χ0v) is 12.0. The van der Waals surface area contributed by atoms with E-state index in [4.69, 9.17) is 0 Å². The van der Waals surface area contributed by atoms with Crippen molar-refractivity contribution in [1.29, 1.82) is 0 Å². The molecule has 0 bridgehead atoms. The van der Waals surface area contributed by atoms with E-state index in [1.807, 2.05) is 38.4 Å². The lowest BCUT2D eigenvalue weighted by Gasteiger charge is -2.08. The van der Waals surface area contributed by atoms with E-state index in [-0.39, 0.29) is 5.78 Å². The van der Waals surface area contributed by atoms with Crippen molar-refractivity contribution in [2.75, 3.05) is 32.1 Å². The molecule has 0 radical (unpaired) electrons. The number of nitrogens with zero attached hydrogens (tertiary/aromatic N) is 1. The lowest BCUT2D eigenvalue weighted by atomic mass is 10.1. The number of carbonyl (C=O) groups is 1. The highest BCUT2D eigenvalue weighted by atomic mass is 79.9. The van der Waals surface area contributed by atoms with Crippen molar-refractivity contribution in [2.45, 2.75) is 0 Å². The molecular formula is C12H16BrNOS. The summed E-state index contributed by atoms with van der Waals surface area (Å²) >= 11 is 5.07. The van der Waals surface area contributed by atoms with E-state index in [0.29, 0.717) is 5.75 Å². The summed E-state index contributed by atoms with van der Waals surface area (Å²) in [6.45, 7) is 1.01. The van der Waals surface area contributed by atoms with Crippen molar-refractivity contribution in [3.63, 3.8) is 0 Å². The predicted octanol–water partition coefficient (Wildman–Crippen LogP) is 2.93. The van der Waals surface area contributed by atoms with Gasteiger partial charge in [0.25, 0.3) is 0 Å². The zero-order chi connectivity index (χ0) is 12.0. The Kier molecular flexibility index (Phi) is 6.09. The van der Waals surface area contributed by atoms with Gasteiger partial charge in [-0.3, -0.25) is 4.79 Å². The van der Waals surface area contributed by atoms with Crippen molar-refractivity contribution >= 4 is 33.5 Å². The maximum Gasteiger partial charge on any atom is 0.173 e. The van der Waals surface area contributed by atoms with Gasteiger partial charge in [0.15, 0.2) is 5.78 Å². The molecule has 0 aliphatic rings. The third-order valence-electron chi connectivity index (χ3n) is 2.09. The van der Waals surface area contributed by atoms with Crippen molar-refractivity contribution in [1.82, 2.24) is 4.90 Å². The fourth-order valence-electron chi connectivity index (χ4n) is 1.18. The molecule has 2 nitrogen and oxygen atoms in total. The Balaban J connectivity index is 2.39. The Hall–Kier alpha value is -0.320. The van der Waals surface area contributed by atoms with Crippen molar-refractivity contribution in [2.24, 2.45) is 0 Å². The molecule has 16 heavy (non-hydrogen) atoms. The first kappa shape index (κ1) is 13.7. The summed E-state index contributed by atoms with van der Waals surface area (Å²) in [4.78, 5) is 14.0. The van der Waals surface area contributed by atoms with Gasteiger partial charge in [0.1, 0.15) is 0 Å². The molecule has 1 rings (SSSR count). The molecule has 0 aliphatic heterocycles. The summed E-state index contributed by atoms with van der Waals surface area (Å²) in [6, 6.07) is 7.57. The second kappa shape index (κ2) is 7.09. The molecule has 0 spiro atoms. The van der Waals surface area contributed by atoms with Crippen LogP contribution in [0.4, 0.5) is 0 Å². The summed E-state index contributed by atoms with van der Waals surface area (Å²) in [7, 11) is 4.08. The summed E-state index contributed by atoms with van der Waals surface area (Å²) in [5.41, 5.74) is 0.778. The van der Waals surface area contributed by atoms with Crippen LogP contribution in [-0.2, 0) is 0 Å². The molecule has 0 amide bonds. The maximum atomic E-state index is 11.8. The van der Waals surface area contributed by atoms with Crippen LogP contribution in [0.3, 0.4) is 0 Å². The third kappa shape index (κ3) is 4.68. The smallest absolute Gasteiger partial charge is 0.173 e. The fourth-order valence-corrected chi connectivity index (χ4v) is 2.66. The average molecular weight is 302 g/mol. The Morgan fingerprint density at radius 1 is 1.38 bits per heavy atom. The minimum atomic E-state index is 0.191. The molecule has 0 N–H and O–H groups in total. The molecule has 0 aromatic heterocycles. The SMILES string of the molecule is CN(C)CCSCC(=O)c1ccccc1Br. The van der Waals surface area contributed by atoms with E-state index in [0.717, 1.165) is 22.3 Å². The van der Waals surface area contributed by atoms with E-state index in [1.54, 1.807) is 11.8 Å². The topological polar surface area (TPSA) is 20.3 Å². The number of Topliss-reactive ketones (excluding diaryl/α,β-unsaturated/α-hetero) is 1. The van der Waals surface area contributed by atoms with Gasteiger partial charge in [-0.15, -0.1) is 0 Å². The number of hydrogen-bond acceptors (Lipinski definition) is 3. The van der Waals surface area contributed by atoms with Gasteiger partial charge in [0, 0.05) is 22.3 Å². The van der Waals surface area contributed by atoms with E-state index < -0.39 is 0 Å². The standard InChI is InChI=1S/C12H16BrNOS/c1-14(2)7-8-16-9-12(15)10-5-3-4-6-11(10)13/h3-6H,7-9H2,1-2H3. The summed E-state index contributed by atoms with van der Waals surface area (Å²) < 4.78 is 0.883. The molecule has 1 aromatic carbocycles. The summed E-state index contributed by atoms with van der Waals surface area (Å²) in [6.07, 6.45) is 0. The van der Waals surface area contributed by atoms with Crippen molar-refractivity contribution in [3.05, 3.63) is 34.3 Å². The lowest BCUT2D eigenvalue weighted by Crippen LogP contribution is -2.15. The van der Waals surface area contributed by atoms with Crippen LogP contribution in [0.5, 0.6) is 0 Å². The zero-order valence-electron chi connectivity index (χ0n) is 9.57. The van der Waals surface area contributed by atoms with Gasteiger partial charge in [-0.05, 0) is 20.2 Å². The van der Waals surface area contributed by atoms with Crippen LogP contribution in [0, 0.1) is 0 Å². The molecule has 0 saturated heterocycles. The summed E-state index contributed by atoms with van der Waals surface area (Å²) in [5, 5.41) is 0. The number of carbonyl (C=O) groups excluding carboxylic acids is 1. The largest absolute Gasteiger partial charge is 0.309 e. The van der Waals surface area contributed by atoms with Gasteiger partial charge in [-0.25, -0.2) is 0 Å². The fraction of sp³-hybridized carbons (Fsp3) is 0.417. The highest BCUT2D eigenvalue weighted by Gasteiger charge is 2.08. The van der Waals surface area contributed by atoms with E-state index in [9.17, 15) is 4.79 Å². The highest BCUT2D eigenvalue weighted by Crippen LogP contribution is 2.18. The minimum Gasteiger partial charge on any atom is -0.309 e. The van der Waals surface area contributed by atoms with Gasteiger partial charge in [-0.2, -0.15) is 11.8 Å². The van der Waals surface area contributed by atoms with Gasteiger partial charge >= 0.3 is 0 Å². The first-order chi connectivity index (χ1) is 7.61. The average Bonchev–Trinajstić information content (AvgIpc) is 2.24. The second-order valence-electron chi connectivity index (χ2n) is 3.76. The van der Waals surface area contributed by atoms with Crippen LogP contribution in [0.2, 0.25) is 0 Å².